The monoisotopic (exact) mass is 399 g/mol. The standard InChI is InChI=1S/C22H25NO6/c1-4-23(13-17-8-6-5-7-9-17)21(25)14-29-22(26)15-28-19-11-10-18(16(2)24)12-20(19)27-3/h5-12H,4,13-15H2,1-3H3. The van der Waals surface area contributed by atoms with E-state index in [1.54, 1.807) is 17.0 Å². The lowest BCUT2D eigenvalue weighted by atomic mass is 10.1. The number of benzene rings is 2. The van der Waals surface area contributed by atoms with Crippen LogP contribution in [0.15, 0.2) is 48.5 Å². The summed E-state index contributed by atoms with van der Waals surface area (Å²) in [6, 6.07) is 14.2. The van der Waals surface area contributed by atoms with Crippen LogP contribution in [0.2, 0.25) is 0 Å². The average Bonchev–Trinajstić information content (AvgIpc) is 2.74. The number of ether oxygens (including phenoxy) is 3. The number of ketones is 1. The number of carbonyl (C=O) groups excluding carboxylic acids is 3. The molecule has 2 aromatic rings. The first-order valence-corrected chi connectivity index (χ1v) is 9.23. The van der Waals surface area contributed by atoms with Crippen molar-refractivity contribution in [2.45, 2.75) is 20.4 Å². The maximum Gasteiger partial charge on any atom is 0.344 e. The van der Waals surface area contributed by atoms with Gasteiger partial charge in [-0.3, -0.25) is 9.59 Å². The molecule has 7 heteroatoms. The van der Waals surface area contributed by atoms with Gasteiger partial charge < -0.3 is 19.1 Å². The number of hydrogen-bond acceptors (Lipinski definition) is 6. The van der Waals surface area contributed by atoms with Gasteiger partial charge >= 0.3 is 5.97 Å². The van der Waals surface area contributed by atoms with E-state index in [1.807, 2.05) is 37.3 Å². The first kappa shape index (κ1) is 21.9. The molecule has 0 aromatic heterocycles. The van der Waals surface area contributed by atoms with Crippen LogP contribution in [-0.4, -0.2) is 49.4 Å². The minimum atomic E-state index is -0.674. The Morgan fingerprint density at radius 1 is 0.966 bits per heavy atom. The maximum atomic E-state index is 12.3. The molecule has 0 radical (unpaired) electrons. The highest BCUT2D eigenvalue weighted by Crippen LogP contribution is 2.28. The van der Waals surface area contributed by atoms with E-state index >= 15 is 0 Å². The van der Waals surface area contributed by atoms with Gasteiger partial charge in [-0.2, -0.15) is 0 Å². The summed E-state index contributed by atoms with van der Waals surface area (Å²) < 4.78 is 15.6. The van der Waals surface area contributed by atoms with Gasteiger partial charge in [0.25, 0.3) is 5.91 Å². The molecule has 0 aliphatic heterocycles. The van der Waals surface area contributed by atoms with Crippen LogP contribution in [0.3, 0.4) is 0 Å². The Balaban J connectivity index is 1.84. The van der Waals surface area contributed by atoms with Crippen molar-refractivity contribution < 1.29 is 28.6 Å². The van der Waals surface area contributed by atoms with Gasteiger partial charge in [0.15, 0.2) is 30.5 Å². The molecule has 0 unspecified atom stereocenters. The lowest BCUT2D eigenvalue weighted by Gasteiger charge is -2.21. The van der Waals surface area contributed by atoms with E-state index in [0.717, 1.165) is 5.56 Å². The smallest absolute Gasteiger partial charge is 0.344 e. The van der Waals surface area contributed by atoms with Crippen LogP contribution < -0.4 is 9.47 Å². The zero-order valence-corrected chi connectivity index (χ0v) is 16.8. The molecule has 7 nitrogen and oxygen atoms in total. The van der Waals surface area contributed by atoms with Crippen LogP contribution in [-0.2, 0) is 20.9 Å². The molecule has 0 aliphatic carbocycles. The fourth-order valence-corrected chi connectivity index (χ4v) is 2.60. The van der Waals surface area contributed by atoms with Crippen molar-refractivity contribution in [1.82, 2.24) is 4.90 Å². The number of esters is 1. The van der Waals surface area contributed by atoms with E-state index in [9.17, 15) is 14.4 Å². The fraction of sp³-hybridized carbons (Fsp3) is 0.318. The molecule has 0 saturated carbocycles. The topological polar surface area (TPSA) is 82.1 Å². The molecule has 0 bridgehead atoms. The number of methoxy groups -OCH3 is 1. The number of carbonyl (C=O) groups is 3. The van der Waals surface area contributed by atoms with Crippen LogP contribution in [0.4, 0.5) is 0 Å². The van der Waals surface area contributed by atoms with Gasteiger partial charge in [-0.25, -0.2) is 4.79 Å². The molecule has 0 N–H and O–H groups in total. The van der Waals surface area contributed by atoms with E-state index in [4.69, 9.17) is 14.2 Å². The quantitative estimate of drug-likeness (QED) is 0.451. The lowest BCUT2D eigenvalue weighted by molar-refractivity contribution is -0.153. The zero-order valence-electron chi connectivity index (χ0n) is 16.8. The Morgan fingerprint density at radius 2 is 1.69 bits per heavy atom. The van der Waals surface area contributed by atoms with Gasteiger partial charge in [-0.15, -0.1) is 0 Å². The second kappa shape index (κ2) is 10.8. The summed E-state index contributed by atoms with van der Waals surface area (Å²) in [5.41, 5.74) is 1.47. The number of Topliss-reactive ketones (excluding diaryl/α,β-unsaturated/α-hetero) is 1. The van der Waals surface area contributed by atoms with Crippen molar-refractivity contribution in [3.8, 4) is 11.5 Å². The Bertz CT molecular complexity index is 850. The van der Waals surface area contributed by atoms with Crippen molar-refractivity contribution in [1.29, 1.82) is 0 Å². The lowest BCUT2D eigenvalue weighted by Crippen LogP contribution is -2.34. The van der Waals surface area contributed by atoms with E-state index < -0.39 is 5.97 Å². The van der Waals surface area contributed by atoms with Crippen LogP contribution in [0.5, 0.6) is 11.5 Å². The molecule has 1 amide bonds. The molecule has 2 aromatic carbocycles. The normalized spacial score (nSPS) is 10.2. The summed E-state index contributed by atoms with van der Waals surface area (Å²) in [6.07, 6.45) is 0. The van der Waals surface area contributed by atoms with Crippen LogP contribution in [0.25, 0.3) is 0 Å². The molecule has 0 heterocycles. The molecular weight excluding hydrogens is 374 g/mol. The Kier molecular flexibility index (Phi) is 8.21. The van der Waals surface area contributed by atoms with Gasteiger partial charge in [0.05, 0.1) is 7.11 Å². The first-order valence-electron chi connectivity index (χ1n) is 9.23. The third-order valence-corrected chi connectivity index (χ3v) is 4.22. The Hall–Kier alpha value is -3.35. The minimum absolute atomic E-state index is 0.108. The van der Waals surface area contributed by atoms with E-state index in [-0.39, 0.29) is 24.9 Å². The number of hydrogen-bond donors (Lipinski definition) is 0. The van der Waals surface area contributed by atoms with Gasteiger partial charge in [0.1, 0.15) is 0 Å². The second-order valence-corrected chi connectivity index (χ2v) is 6.26. The number of nitrogens with zero attached hydrogens (tertiary/aromatic N) is 1. The van der Waals surface area contributed by atoms with E-state index in [1.165, 1.54) is 20.1 Å². The summed E-state index contributed by atoms with van der Waals surface area (Å²) in [7, 11) is 1.44. The van der Waals surface area contributed by atoms with Crippen molar-refractivity contribution in [3.05, 3.63) is 59.7 Å². The molecular formula is C22H25NO6. The molecule has 154 valence electrons. The number of likely N-dealkylation sites (N-methyl/N-ethyl adjacent to an activating group) is 1. The summed E-state index contributed by atoms with van der Waals surface area (Å²) in [4.78, 5) is 37.3. The first-order chi connectivity index (χ1) is 13.9. The number of amides is 1. The largest absolute Gasteiger partial charge is 0.493 e. The highest BCUT2D eigenvalue weighted by Gasteiger charge is 2.16. The van der Waals surface area contributed by atoms with Crippen LogP contribution >= 0.6 is 0 Å². The summed E-state index contributed by atoms with van der Waals surface area (Å²) in [6.45, 7) is 3.52. The van der Waals surface area contributed by atoms with E-state index in [2.05, 4.69) is 0 Å². The average molecular weight is 399 g/mol. The highest BCUT2D eigenvalue weighted by atomic mass is 16.6. The predicted octanol–water partition coefficient (Wildman–Crippen LogP) is 2.87. The van der Waals surface area contributed by atoms with Crippen molar-refractivity contribution in [3.63, 3.8) is 0 Å². The third-order valence-electron chi connectivity index (χ3n) is 4.22. The maximum absolute atomic E-state index is 12.3. The Morgan fingerprint density at radius 3 is 2.31 bits per heavy atom. The number of rotatable bonds is 10. The SMILES string of the molecule is CCN(Cc1ccccc1)C(=O)COC(=O)COc1ccc(C(C)=O)cc1OC. The van der Waals surface area contributed by atoms with Crippen molar-refractivity contribution in [2.24, 2.45) is 0 Å². The van der Waals surface area contributed by atoms with Gasteiger partial charge in [-0.1, -0.05) is 30.3 Å². The summed E-state index contributed by atoms with van der Waals surface area (Å²) in [5, 5.41) is 0. The third kappa shape index (κ3) is 6.64. The van der Waals surface area contributed by atoms with Gasteiger partial charge in [-0.05, 0) is 37.6 Å². The molecule has 0 spiro atoms. The fourth-order valence-electron chi connectivity index (χ4n) is 2.60. The molecule has 0 atom stereocenters. The second-order valence-electron chi connectivity index (χ2n) is 6.26. The molecule has 0 fully saturated rings. The molecule has 2 rings (SSSR count). The van der Waals surface area contributed by atoms with Crippen molar-refractivity contribution >= 4 is 17.7 Å². The summed E-state index contributed by atoms with van der Waals surface area (Å²) >= 11 is 0. The molecule has 29 heavy (non-hydrogen) atoms. The minimum Gasteiger partial charge on any atom is -0.493 e. The molecule has 0 saturated heterocycles. The van der Waals surface area contributed by atoms with Gasteiger partial charge in [0.2, 0.25) is 0 Å². The zero-order chi connectivity index (χ0) is 21.2. The van der Waals surface area contributed by atoms with E-state index in [0.29, 0.717) is 30.2 Å². The van der Waals surface area contributed by atoms with Crippen LogP contribution in [0.1, 0.15) is 29.8 Å². The predicted molar refractivity (Wildman–Crippen MR) is 107 cm³/mol. The Labute approximate surface area is 170 Å². The highest BCUT2D eigenvalue weighted by molar-refractivity contribution is 5.94. The summed E-state index contributed by atoms with van der Waals surface area (Å²) in [5.74, 6) is -0.426. The molecule has 0 aliphatic rings. The van der Waals surface area contributed by atoms with Gasteiger partial charge in [0, 0.05) is 18.7 Å². The van der Waals surface area contributed by atoms with Crippen LogP contribution in [0, 0.1) is 0 Å². The van der Waals surface area contributed by atoms with Crippen molar-refractivity contribution in [2.75, 3.05) is 26.9 Å².